The van der Waals surface area contributed by atoms with Crippen LogP contribution in [-0.2, 0) is 4.74 Å². The Morgan fingerprint density at radius 2 is 1.09 bits per heavy atom. The molecule has 0 saturated heterocycles. The van der Waals surface area contributed by atoms with Crippen LogP contribution in [0, 0.1) is 0 Å². The van der Waals surface area contributed by atoms with Crippen LogP contribution in [0.5, 0.6) is 11.5 Å². The fourth-order valence-corrected chi connectivity index (χ4v) is 2.75. The van der Waals surface area contributed by atoms with Gasteiger partial charge in [0.1, 0.15) is 11.5 Å². The topological polar surface area (TPSA) is 27.7 Å². The molecule has 0 bridgehead atoms. The molecule has 2 aromatic carbocycles. The molecule has 2 rings (SSSR count). The van der Waals surface area contributed by atoms with E-state index in [1.54, 1.807) is 14.2 Å². The van der Waals surface area contributed by atoms with Gasteiger partial charge >= 0.3 is 0 Å². The van der Waals surface area contributed by atoms with E-state index in [1.807, 2.05) is 36.4 Å². The van der Waals surface area contributed by atoms with E-state index in [9.17, 15) is 0 Å². The molecule has 0 aromatic heterocycles. The Kier molecular flexibility index (Phi) is 6.48. The second-order valence-electron chi connectivity index (χ2n) is 5.82. The lowest BCUT2D eigenvalue weighted by molar-refractivity contribution is 0.112. The number of para-hydroxylation sites is 2. The number of benzene rings is 2. The van der Waals surface area contributed by atoms with Crippen LogP contribution < -0.4 is 9.47 Å². The average Bonchev–Trinajstić information content (AvgIpc) is 2.61. The molecule has 3 heteroatoms. The summed E-state index contributed by atoms with van der Waals surface area (Å²) in [5, 5.41) is 0. The summed E-state index contributed by atoms with van der Waals surface area (Å²) in [5.74, 6) is 2.41. The molecule has 3 nitrogen and oxygen atoms in total. The molecule has 0 heterocycles. The Morgan fingerprint density at radius 3 is 1.48 bits per heavy atom. The van der Waals surface area contributed by atoms with Gasteiger partial charge in [-0.1, -0.05) is 50.2 Å². The summed E-state index contributed by atoms with van der Waals surface area (Å²) < 4.78 is 16.8. The van der Waals surface area contributed by atoms with Gasteiger partial charge in [-0.25, -0.2) is 0 Å². The van der Waals surface area contributed by atoms with Crippen molar-refractivity contribution in [1.82, 2.24) is 0 Å². The molecule has 0 N–H and O–H groups in total. The van der Waals surface area contributed by atoms with E-state index in [1.165, 1.54) is 11.1 Å². The minimum absolute atomic E-state index is 0.288. The highest BCUT2D eigenvalue weighted by atomic mass is 16.5. The van der Waals surface area contributed by atoms with Crippen LogP contribution >= 0.6 is 0 Å². The van der Waals surface area contributed by atoms with E-state index < -0.39 is 0 Å². The second kappa shape index (κ2) is 8.59. The van der Waals surface area contributed by atoms with Crippen LogP contribution in [0.3, 0.4) is 0 Å². The quantitative estimate of drug-likeness (QED) is 0.711. The largest absolute Gasteiger partial charge is 0.496 e. The molecule has 2 unspecified atom stereocenters. The monoisotopic (exact) mass is 314 g/mol. The molecule has 0 aliphatic rings. The number of rotatable bonds is 8. The normalized spacial score (nSPS) is 13.4. The van der Waals surface area contributed by atoms with Crippen molar-refractivity contribution in [3.63, 3.8) is 0 Å². The summed E-state index contributed by atoms with van der Waals surface area (Å²) in [4.78, 5) is 0. The zero-order valence-electron chi connectivity index (χ0n) is 14.4. The van der Waals surface area contributed by atoms with E-state index >= 15 is 0 Å². The Balaban J connectivity index is 1.91. The van der Waals surface area contributed by atoms with Crippen LogP contribution in [-0.4, -0.2) is 27.4 Å². The highest BCUT2D eigenvalue weighted by Crippen LogP contribution is 2.28. The molecule has 0 saturated carbocycles. The molecule has 0 spiro atoms. The minimum Gasteiger partial charge on any atom is -0.496 e. The van der Waals surface area contributed by atoms with Crippen molar-refractivity contribution in [2.24, 2.45) is 0 Å². The zero-order chi connectivity index (χ0) is 16.7. The highest BCUT2D eigenvalue weighted by Gasteiger charge is 2.14. The van der Waals surface area contributed by atoms with E-state index in [4.69, 9.17) is 14.2 Å². The zero-order valence-corrected chi connectivity index (χ0v) is 14.4. The Hall–Kier alpha value is -2.00. The van der Waals surface area contributed by atoms with E-state index in [0.717, 1.165) is 11.5 Å². The minimum atomic E-state index is 0.288. The molecule has 2 atom stereocenters. The predicted molar refractivity (Wildman–Crippen MR) is 93.6 cm³/mol. The lowest BCUT2D eigenvalue weighted by atomic mass is 10.00. The van der Waals surface area contributed by atoms with Crippen LogP contribution in [0.2, 0.25) is 0 Å². The van der Waals surface area contributed by atoms with Crippen molar-refractivity contribution in [1.29, 1.82) is 0 Å². The Bertz CT molecular complexity index is 556. The van der Waals surface area contributed by atoms with Crippen LogP contribution in [0.15, 0.2) is 48.5 Å². The van der Waals surface area contributed by atoms with Gasteiger partial charge in [0.25, 0.3) is 0 Å². The van der Waals surface area contributed by atoms with Gasteiger partial charge in [0.2, 0.25) is 0 Å². The van der Waals surface area contributed by atoms with Crippen molar-refractivity contribution < 1.29 is 14.2 Å². The summed E-state index contributed by atoms with van der Waals surface area (Å²) in [6.07, 6.45) is 0. The average molecular weight is 314 g/mol. The van der Waals surface area contributed by atoms with Crippen molar-refractivity contribution >= 4 is 0 Å². The van der Waals surface area contributed by atoms with Gasteiger partial charge in [-0.15, -0.1) is 0 Å². The van der Waals surface area contributed by atoms with Gasteiger partial charge in [0.15, 0.2) is 0 Å². The predicted octanol–water partition coefficient (Wildman–Crippen LogP) is 4.63. The van der Waals surface area contributed by atoms with Crippen LogP contribution in [0.1, 0.15) is 36.8 Å². The maximum Gasteiger partial charge on any atom is 0.122 e. The van der Waals surface area contributed by atoms with Crippen molar-refractivity contribution in [3.8, 4) is 11.5 Å². The third-order valence-electron chi connectivity index (χ3n) is 4.08. The van der Waals surface area contributed by atoms with E-state index in [2.05, 4.69) is 26.0 Å². The number of ether oxygens (including phenoxy) is 3. The van der Waals surface area contributed by atoms with Gasteiger partial charge in [-0.2, -0.15) is 0 Å². The summed E-state index contributed by atoms with van der Waals surface area (Å²) in [6.45, 7) is 5.65. The Morgan fingerprint density at radius 1 is 0.696 bits per heavy atom. The van der Waals surface area contributed by atoms with Gasteiger partial charge in [0.05, 0.1) is 27.4 Å². The molecule has 23 heavy (non-hydrogen) atoms. The van der Waals surface area contributed by atoms with Crippen molar-refractivity contribution in [2.45, 2.75) is 25.7 Å². The SMILES string of the molecule is COc1ccccc1C(C)COCC(C)c1ccccc1OC. The molecule has 0 aliphatic carbocycles. The summed E-state index contributed by atoms with van der Waals surface area (Å²) >= 11 is 0. The first-order chi connectivity index (χ1) is 11.2. The van der Waals surface area contributed by atoms with Crippen molar-refractivity contribution in [3.05, 3.63) is 59.7 Å². The van der Waals surface area contributed by atoms with Crippen LogP contribution in [0.25, 0.3) is 0 Å². The van der Waals surface area contributed by atoms with E-state index in [-0.39, 0.29) is 11.8 Å². The first-order valence-electron chi connectivity index (χ1n) is 8.01. The van der Waals surface area contributed by atoms with E-state index in [0.29, 0.717) is 13.2 Å². The number of hydrogen-bond donors (Lipinski definition) is 0. The van der Waals surface area contributed by atoms with Gasteiger partial charge < -0.3 is 14.2 Å². The lowest BCUT2D eigenvalue weighted by Gasteiger charge is -2.19. The first kappa shape index (κ1) is 17.4. The molecule has 0 radical (unpaired) electrons. The first-order valence-corrected chi connectivity index (χ1v) is 8.01. The fraction of sp³-hybridized carbons (Fsp3) is 0.400. The number of methoxy groups -OCH3 is 2. The van der Waals surface area contributed by atoms with Crippen molar-refractivity contribution in [2.75, 3.05) is 27.4 Å². The van der Waals surface area contributed by atoms with Gasteiger partial charge in [-0.3, -0.25) is 0 Å². The third-order valence-corrected chi connectivity index (χ3v) is 4.08. The summed E-state index contributed by atoms with van der Waals surface area (Å²) in [7, 11) is 3.41. The van der Waals surface area contributed by atoms with Gasteiger partial charge in [0, 0.05) is 11.8 Å². The highest BCUT2D eigenvalue weighted by molar-refractivity contribution is 5.36. The standard InChI is InChI=1S/C20H26O3/c1-15(17-9-5-7-11-19(17)21-3)13-23-14-16(2)18-10-6-8-12-20(18)22-4/h5-12,15-16H,13-14H2,1-4H3. The van der Waals surface area contributed by atoms with Gasteiger partial charge in [-0.05, 0) is 23.3 Å². The molecule has 0 amide bonds. The Labute approximate surface area is 139 Å². The molecule has 124 valence electrons. The molecule has 0 aliphatic heterocycles. The maximum atomic E-state index is 5.95. The summed E-state index contributed by atoms with van der Waals surface area (Å²) in [6, 6.07) is 16.2. The number of hydrogen-bond acceptors (Lipinski definition) is 3. The van der Waals surface area contributed by atoms with Crippen LogP contribution in [0.4, 0.5) is 0 Å². The fourth-order valence-electron chi connectivity index (χ4n) is 2.75. The molecular formula is C20H26O3. The molecule has 0 fully saturated rings. The third kappa shape index (κ3) is 4.49. The lowest BCUT2D eigenvalue weighted by Crippen LogP contribution is -2.11. The smallest absolute Gasteiger partial charge is 0.122 e. The maximum absolute atomic E-state index is 5.95. The molecule has 2 aromatic rings. The second-order valence-corrected chi connectivity index (χ2v) is 5.82. The summed E-state index contributed by atoms with van der Waals surface area (Å²) in [5.41, 5.74) is 2.36. The molecular weight excluding hydrogens is 288 g/mol.